The second kappa shape index (κ2) is 7.37. The van der Waals surface area contributed by atoms with Crippen molar-refractivity contribution in [2.24, 2.45) is 7.05 Å². The number of hydrogen-bond acceptors (Lipinski definition) is 5. The second-order valence-electron chi connectivity index (χ2n) is 6.35. The zero-order valence-corrected chi connectivity index (χ0v) is 17.3. The Hall–Kier alpha value is -3.11. The molecule has 2 aromatic carbocycles. The van der Waals surface area contributed by atoms with E-state index in [1.54, 1.807) is 44.3 Å². The number of anilines is 1. The first-order valence-electron chi connectivity index (χ1n) is 8.36. The van der Waals surface area contributed by atoms with Gasteiger partial charge in [-0.3, -0.25) is 24.3 Å². The number of nitro benzene ring substituents is 1. The van der Waals surface area contributed by atoms with Crippen LogP contribution in [0.1, 0.15) is 11.3 Å². The normalized spacial score (nSPS) is 11.4. The van der Waals surface area contributed by atoms with Gasteiger partial charge in [0.05, 0.1) is 26.2 Å². The molecule has 0 aliphatic heterocycles. The molecule has 0 bridgehead atoms. The number of para-hydroxylation sites is 1. The molecule has 0 fully saturated rings. The van der Waals surface area contributed by atoms with Crippen LogP contribution < -0.4 is 10.3 Å². The molecule has 1 N–H and O–H groups in total. The smallest absolute Gasteiger partial charge is 0.283 e. The largest absolute Gasteiger partial charge is 0.296 e. The number of nitro groups is 1. The van der Waals surface area contributed by atoms with Gasteiger partial charge in [-0.2, -0.15) is 0 Å². The number of halogens is 1. The van der Waals surface area contributed by atoms with Crippen LogP contribution in [0.2, 0.25) is 5.02 Å². The van der Waals surface area contributed by atoms with Gasteiger partial charge in [-0.1, -0.05) is 29.8 Å². The summed E-state index contributed by atoms with van der Waals surface area (Å²) in [6, 6.07) is 10.7. The van der Waals surface area contributed by atoms with Gasteiger partial charge in [0.1, 0.15) is 5.69 Å². The van der Waals surface area contributed by atoms with Crippen molar-refractivity contribution in [1.82, 2.24) is 9.36 Å². The van der Waals surface area contributed by atoms with E-state index in [-0.39, 0.29) is 16.3 Å². The van der Waals surface area contributed by atoms with E-state index in [0.717, 1.165) is 12.1 Å². The Balaban J connectivity index is 2.12. The average molecular weight is 437 g/mol. The first-order valence-corrected chi connectivity index (χ1v) is 10.2. The minimum Gasteiger partial charge on any atom is -0.283 e. The van der Waals surface area contributed by atoms with E-state index >= 15 is 0 Å². The standard InChI is InChI=1S/C18H17ClN4O5S/c1-11-15(19)9-14(10-16(11)23(25)26)29(27,28)20-17-12(2)21(3)22(18(17)24)13-7-5-4-6-8-13/h4-10,20H,1-3H3. The number of rotatable bonds is 5. The molecular weight excluding hydrogens is 420 g/mol. The molecule has 3 rings (SSSR count). The first-order chi connectivity index (χ1) is 13.5. The highest BCUT2D eigenvalue weighted by molar-refractivity contribution is 7.92. The van der Waals surface area contributed by atoms with Crippen LogP contribution in [-0.2, 0) is 17.1 Å². The third kappa shape index (κ3) is 3.64. The van der Waals surface area contributed by atoms with E-state index in [1.165, 1.54) is 16.3 Å². The van der Waals surface area contributed by atoms with Crippen molar-refractivity contribution in [1.29, 1.82) is 0 Å². The van der Waals surface area contributed by atoms with Gasteiger partial charge in [-0.05, 0) is 32.0 Å². The fraction of sp³-hybridized carbons (Fsp3) is 0.167. The van der Waals surface area contributed by atoms with Gasteiger partial charge in [-0.15, -0.1) is 0 Å². The van der Waals surface area contributed by atoms with E-state index in [1.807, 2.05) is 0 Å². The third-order valence-corrected chi connectivity index (χ3v) is 6.31. The van der Waals surface area contributed by atoms with E-state index in [4.69, 9.17) is 11.6 Å². The highest BCUT2D eigenvalue weighted by Gasteiger charge is 2.26. The molecule has 1 heterocycles. The van der Waals surface area contributed by atoms with Gasteiger partial charge in [0.15, 0.2) is 0 Å². The summed E-state index contributed by atoms with van der Waals surface area (Å²) in [5, 5.41) is 11.1. The zero-order chi connectivity index (χ0) is 21.5. The summed E-state index contributed by atoms with van der Waals surface area (Å²) in [4.78, 5) is 23.0. The van der Waals surface area contributed by atoms with Crippen LogP contribution in [0.5, 0.6) is 0 Å². The zero-order valence-electron chi connectivity index (χ0n) is 15.7. The van der Waals surface area contributed by atoms with E-state index in [2.05, 4.69) is 4.72 Å². The maximum Gasteiger partial charge on any atom is 0.296 e. The van der Waals surface area contributed by atoms with Crippen LogP contribution in [0.15, 0.2) is 52.2 Å². The van der Waals surface area contributed by atoms with Gasteiger partial charge < -0.3 is 0 Å². The molecule has 0 aliphatic carbocycles. The maximum absolute atomic E-state index is 12.9. The molecule has 0 saturated heterocycles. The topological polar surface area (TPSA) is 116 Å². The van der Waals surface area contributed by atoms with Gasteiger partial charge >= 0.3 is 0 Å². The highest BCUT2D eigenvalue weighted by atomic mass is 35.5. The van der Waals surface area contributed by atoms with Crippen LogP contribution >= 0.6 is 11.6 Å². The second-order valence-corrected chi connectivity index (χ2v) is 8.44. The lowest BCUT2D eigenvalue weighted by molar-refractivity contribution is -0.385. The first kappa shape index (κ1) is 20.6. The molecule has 0 radical (unpaired) electrons. The number of benzene rings is 2. The van der Waals surface area contributed by atoms with Crippen molar-refractivity contribution in [2.75, 3.05) is 4.72 Å². The van der Waals surface area contributed by atoms with Crippen molar-refractivity contribution in [3.63, 3.8) is 0 Å². The Kier molecular flexibility index (Phi) is 5.24. The maximum atomic E-state index is 12.9. The Morgan fingerprint density at radius 2 is 1.76 bits per heavy atom. The van der Waals surface area contributed by atoms with Crippen molar-refractivity contribution >= 4 is 33.0 Å². The van der Waals surface area contributed by atoms with Gasteiger partial charge in [0.25, 0.3) is 21.3 Å². The van der Waals surface area contributed by atoms with Crippen LogP contribution in [0.4, 0.5) is 11.4 Å². The summed E-state index contributed by atoms with van der Waals surface area (Å²) in [7, 11) is -2.68. The average Bonchev–Trinajstić information content (AvgIpc) is 2.87. The minimum atomic E-state index is -4.30. The SMILES string of the molecule is Cc1c(Cl)cc(S(=O)(=O)Nc2c(C)n(C)n(-c3ccccc3)c2=O)cc1[N+](=O)[O-]. The van der Waals surface area contributed by atoms with Crippen molar-refractivity contribution < 1.29 is 13.3 Å². The molecule has 0 aliphatic rings. The third-order valence-electron chi connectivity index (χ3n) is 4.59. The number of nitrogens with one attached hydrogen (secondary N) is 1. The summed E-state index contributed by atoms with van der Waals surface area (Å²) in [5.74, 6) is 0. The van der Waals surface area contributed by atoms with E-state index in [0.29, 0.717) is 11.4 Å². The van der Waals surface area contributed by atoms with Crippen molar-refractivity contribution in [3.8, 4) is 5.69 Å². The van der Waals surface area contributed by atoms with Crippen LogP contribution in [0, 0.1) is 24.0 Å². The molecule has 0 atom stereocenters. The predicted octanol–water partition coefficient (Wildman–Crippen LogP) is 3.16. The Bertz CT molecular complexity index is 1280. The Labute approximate surface area is 171 Å². The Morgan fingerprint density at radius 1 is 1.14 bits per heavy atom. The molecule has 0 unspecified atom stereocenters. The monoisotopic (exact) mass is 436 g/mol. The van der Waals surface area contributed by atoms with Crippen LogP contribution in [0.25, 0.3) is 5.69 Å². The lowest BCUT2D eigenvalue weighted by atomic mass is 10.2. The molecule has 9 nitrogen and oxygen atoms in total. The number of hydrogen-bond donors (Lipinski definition) is 1. The molecular formula is C18H17ClN4O5S. The summed E-state index contributed by atoms with van der Waals surface area (Å²) < 4.78 is 30.8. The Morgan fingerprint density at radius 3 is 2.34 bits per heavy atom. The van der Waals surface area contributed by atoms with Crippen molar-refractivity contribution in [2.45, 2.75) is 18.7 Å². The minimum absolute atomic E-state index is 0.0638. The predicted molar refractivity (Wildman–Crippen MR) is 109 cm³/mol. The quantitative estimate of drug-likeness (QED) is 0.487. The summed E-state index contributed by atoms with van der Waals surface area (Å²) in [5.41, 5.74) is -0.0804. The number of aromatic nitrogens is 2. The lowest BCUT2D eigenvalue weighted by Crippen LogP contribution is -2.23. The molecule has 0 saturated carbocycles. The molecule has 11 heteroatoms. The van der Waals surface area contributed by atoms with Gasteiger partial charge in [0.2, 0.25) is 0 Å². The van der Waals surface area contributed by atoms with Crippen molar-refractivity contribution in [3.05, 3.63) is 79.2 Å². The van der Waals surface area contributed by atoms with E-state index < -0.39 is 31.1 Å². The fourth-order valence-corrected chi connectivity index (χ4v) is 4.30. The number of sulfonamides is 1. The summed E-state index contributed by atoms with van der Waals surface area (Å²) >= 11 is 5.98. The summed E-state index contributed by atoms with van der Waals surface area (Å²) in [6.45, 7) is 3.01. The molecule has 0 amide bonds. The number of nitrogens with zero attached hydrogens (tertiary/aromatic N) is 3. The van der Waals surface area contributed by atoms with E-state index in [9.17, 15) is 23.3 Å². The van der Waals surface area contributed by atoms with Crippen LogP contribution in [0.3, 0.4) is 0 Å². The molecule has 152 valence electrons. The molecule has 3 aromatic rings. The molecule has 29 heavy (non-hydrogen) atoms. The summed E-state index contributed by atoms with van der Waals surface area (Å²) in [6.07, 6.45) is 0. The highest BCUT2D eigenvalue weighted by Crippen LogP contribution is 2.30. The lowest BCUT2D eigenvalue weighted by Gasteiger charge is -2.09. The fourth-order valence-electron chi connectivity index (χ4n) is 2.86. The molecule has 0 spiro atoms. The molecule has 1 aromatic heterocycles. The van der Waals surface area contributed by atoms with Crippen LogP contribution in [-0.4, -0.2) is 22.7 Å². The van der Waals surface area contributed by atoms with Gasteiger partial charge in [-0.25, -0.2) is 13.1 Å². The van der Waals surface area contributed by atoms with Gasteiger partial charge in [0, 0.05) is 18.7 Å².